The number of hydrogen-bond acceptors (Lipinski definition) is 4. The van der Waals surface area contributed by atoms with Crippen molar-refractivity contribution in [1.82, 2.24) is 10.3 Å². The molecule has 1 atom stereocenters. The first kappa shape index (κ1) is 16.5. The van der Waals surface area contributed by atoms with E-state index in [9.17, 15) is 4.79 Å². The predicted octanol–water partition coefficient (Wildman–Crippen LogP) is 5.28. The van der Waals surface area contributed by atoms with Gasteiger partial charge in [-0.05, 0) is 43.3 Å². The Morgan fingerprint density at radius 2 is 1.96 bits per heavy atom. The van der Waals surface area contributed by atoms with E-state index in [0.717, 1.165) is 32.2 Å². The van der Waals surface area contributed by atoms with E-state index in [1.807, 2.05) is 49.4 Å². The van der Waals surface area contributed by atoms with Gasteiger partial charge in [0.05, 0.1) is 17.3 Å². The highest BCUT2D eigenvalue weighted by Gasteiger charge is 2.26. The van der Waals surface area contributed by atoms with Gasteiger partial charge in [0.25, 0.3) is 5.91 Å². The molecule has 0 saturated carbocycles. The molecule has 4 aromatic rings. The zero-order chi connectivity index (χ0) is 18.5. The van der Waals surface area contributed by atoms with Gasteiger partial charge in [0.2, 0.25) is 0 Å². The molecule has 0 radical (unpaired) electrons. The maximum Gasteiger partial charge on any atom is 0.265 e. The molecule has 2 aromatic heterocycles. The summed E-state index contributed by atoms with van der Waals surface area (Å²) in [5, 5.41) is 5.62. The lowest BCUT2D eigenvalue weighted by Gasteiger charge is -2.09. The lowest BCUT2D eigenvalue weighted by molar-refractivity contribution is 0.0946. The molecule has 5 rings (SSSR count). The van der Waals surface area contributed by atoms with Gasteiger partial charge in [0.1, 0.15) is 11.5 Å². The van der Waals surface area contributed by atoms with Crippen LogP contribution in [0, 0.1) is 0 Å². The van der Waals surface area contributed by atoms with Crippen molar-refractivity contribution in [2.75, 3.05) is 6.61 Å². The number of carbonyl (C=O) groups excluding carboxylic acids is 1. The molecule has 134 valence electrons. The van der Waals surface area contributed by atoms with Crippen LogP contribution in [-0.4, -0.2) is 23.5 Å². The van der Waals surface area contributed by atoms with Crippen molar-refractivity contribution < 1.29 is 9.53 Å². The van der Waals surface area contributed by atoms with Crippen LogP contribution >= 0.6 is 22.9 Å². The first-order chi connectivity index (χ1) is 13.1. The summed E-state index contributed by atoms with van der Waals surface area (Å²) in [5.41, 5.74) is 2.76. The number of nitrogens with one attached hydrogen (secondary N) is 1. The molecule has 4 nitrogen and oxygen atoms in total. The monoisotopic (exact) mass is 394 g/mol. The van der Waals surface area contributed by atoms with Crippen molar-refractivity contribution >= 4 is 49.8 Å². The molecular weight excluding hydrogens is 380 g/mol. The second-order valence-electron chi connectivity index (χ2n) is 6.65. The Morgan fingerprint density at radius 3 is 2.78 bits per heavy atom. The molecule has 3 heterocycles. The summed E-state index contributed by atoms with van der Waals surface area (Å²) < 4.78 is 7.03. The fourth-order valence-corrected chi connectivity index (χ4v) is 4.57. The van der Waals surface area contributed by atoms with Crippen LogP contribution in [0.4, 0.5) is 0 Å². The number of fused-ring (bicyclic) bond motifs is 5. The minimum Gasteiger partial charge on any atom is -0.489 e. The molecule has 0 saturated heterocycles. The summed E-state index contributed by atoms with van der Waals surface area (Å²) in [5.74, 6) is 0.596. The van der Waals surface area contributed by atoms with Crippen molar-refractivity contribution in [3.05, 3.63) is 58.4 Å². The van der Waals surface area contributed by atoms with Gasteiger partial charge in [0.15, 0.2) is 5.75 Å². The summed E-state index contributed by atoms with van der Waals surface area (Å²) in [7, 11) is 0. The van der Waals surface area contributed by atoms with Crippen LogP contribution in [0.1, 0.15) is 16.6 Å². The maximum atomic E-state index is 12.5. The fourth-order valence-electron chi connectivity index (χ4n) is 3.38. The minimum absolute atomic E-state index is 0.0169. The normalized spacial score (nSPS) is 16.7. The lowest BCUT2D eigenvalue weighted by Crippen LogP contribution is -2.33. The minimum atomic E-state index is -0.0740. The van der Waals surface area contributed by atoms with Crippen molar-refractivity contribution in [2.24, 2.45) is 0 Å². The molecule has 0 bridgehead atoms. The van der Waals surface area contributed by atoms with Gasteiger partial charge < -0.3 is 10.1 Å². The standard InChI is InChI=1S/C21H15ClN2O2S/c1-11-10-26-19-18-14-6-7-15(12-2-4-13(22)5-3-12)24-16(14)8-9-17(18)27-20(19)21(25)23-11/h2-9,11H,10H2,1H3,(H,23,25)/t11-/m1/s1. The lowest BCUT2D eigenvalue weighted by atomic mass is 10.1. The van der Waals surface area contributed by atoms with Gasteiger partial charge in [-0.1, -0.05) is 23.7 Å². The fraction of sp³-hybridized carbons (Fsp3) is 0.143. The Kier molecular flexibility index (Phi) is 3.81. The highest BCUT2D eigenvalue weighted by molar-refractivity contribution is 7.21. The number of aromatic nitrogens is 1. The molecule has 1 aliphatic heterocycles. The SMILES string of the molecule is C[C@@H]1COc2c(sc3ccc4nc(-c5ccc(Cl)cc5)ccc4c23)C(=O)N1. The highest BCUT2D eigenvalue weighted by Crippen LogP contribution is 2.42. The largest absolute Gasteiger partial charge is 0.489 e. The van der Waals surface area contributed by atoms with Gasteiger partial charge in [-0.25, -0.2) is 4.98 Å². The van der Waals surface area contributed by atoms with Gasteiger partial charge >= 0.3 is 0 Å². The average Bonchev–Trinajstić information content (AvgIpc) is 2.99. The van der Waals surface area contributed by atoms with E-state index in [4.69, 9.17) is 21.3 Å². The van der Waals surface area contributed by atoms with E-state index in [-0.39, 0.29) is 11.9 Å². The molecule has 6 heteroatoms. The van der Waals surface area contributed by atoms with E-state index < -0.39 is 0 Å². The van der Waals surface area contributed by atoms with Crippen LogP contribution in [0.15, 0.2) is 48.5 Å². The molecule has 1 amide bonds. The number of carbonyl (C=O) groups is 1. The number of halogens is 1. The zero-order valence-electron chi connectivity index (χ0n) is 14.5. The number of nitrogens with zero attached hydrogens (tertiary/aromatic N) is 1. The number of amides is 1. The third kappa shape index (κ3) is 2.74. The van der Waals surface area contributed by atoms with Gasteiger partial charge in [-0.3, -0.25) is 4.79 Å². The Labute approximate surface area is 164 Å². The summed E-state index contributed by atoms with van der Waals surface area (Å²) in [6.07, 6.45) is 0. The summed E-state index contributed by atoms with van der Waals surface area (Å²) in [4.78, 5) is 17.9. The van der Waals surface area contributed by atoms with Gasteiger partial charge in [-0.2, -0.15) is 0 Å². The number of pyridine rings is 1. The Bertz CT molecular complexity index is 1200. The average molecular weight is 395 g/mol. The van der Waals surface area contributed by atoms with E-state index >= 15 is 0 Å². The quantitative estimate of drug-likeness (QED) is 0.477. The van der Waals surface area contributed by atoms with Crippen molar-refractivity contribution in [2.45, 2.75) is 13.0 Å². The molecule has 27 heavy (non-hydrogen) atoms. The number of hydrogen-bond donors (Lipinski definition) is 1. The molecule has 2 aromatic carbocycles. The molecule has 1 aliphatic rings. The van der Waals surface area contributed by atoms with Crippen LogP contribution in [0.25, 0.3) is 32.2 Å². The summed E-state index contributed by atoms with van der Waals surface area (Å²) in [6, 6.07) is 15.7. The third-order valence-corrected chi connectivity index (χ3v) is 6.07. The molecule has 1 N–H and O–H groups in total. The Morgan fingerprint density at radius 1 is 1.15 bits per heavy atom. The Hall–Kier alpha value is -2.63. The van der Waals surface area contributed by atoms with E-state index in [2.05, 4.69) is 11.4 Å². The van der Waals surface area contributed by atoms with E-state index in [1.165, 1.54) is 11.3 Å². The molecule has 0 aliphatic carbocycles. The topological polar surface area (TPSA) is 51.2 Å². The smallest absolute Gasteiger partial charge is 0.265 e. The van der Waals surface area contributed by atoms with Crippen molar-refractivity contribution in [3.8, 4) is 17.0 Å². The maximum absolute atomic E-state index is 12.5. The second-order valence-corrected chi connectivity index (χ2v) is 8.14. The zero-order valence-corrected chi connectivity index (χ0v) is 16.0. The molecule has 0 unspecified atom stereocenters. The highest BCUT2D eigenvalue weighted by atomic mass is 35.5. The number of rotatable bonds is 1. The van der Waals surface area contributed by atoms with Gasteiger partial charge in [0, 0.05) is 26.1 Å². The first-order valence-corrected chi connectivity index (χ1v) is 9.85. The van der Waals surface area contributed by atoms with Crippen LogP contribution in [0.3, 0.4) is 0 Å². The summed E-state index contributed by atoms with van der Waals surface area (Å²) in [6.45, 7) is 2.39. The molecular formula is C21H15ClN2O2S. The van der Waals surface area contributed by atoms with Crippen LogP contribution in [0.5, 0.6) is 5.75 Å². The third-order valence-electron chi connectivity index (χ3n) is 4.68. The number of thiophene rings is 1. The van der Waals surface area contributed by atoms with E-state index in [1.54, 1.807) is 0 Å². The van der Waals surface area contributed by atoms with Crippen LogP contribution in [-0.2, 0) is 0 Å². The predicted molar refractivity (Wildman–Crippen MR) is 110 cm³/mol. The van der Waals surface area contributed by atoms with E-state index in [0.29, 0.717) is 22.3 Å². The number of ether oxygens (including phenoxy) is 1. The Balaban J connectivity index is 1.71. The first-order valence-electron chi connectivity index (χ1n) is 8.66. The molecule has 0 fully saturated rings. The van der Waals surface area contributed by atoms with Gasteiger partial charge in [-0.15, -0.1) is 11.3 Å². The van der Waals surface area contributed by atoms with Crippen LogP contribution < -0.4 is 10.1 Å². The summed E-state index contributed by atoms with van der Waals surface area (Å²) >= 11 is 7.44. The molecule has 0 spiro atoms. The second kappa shape index (κ2) is 6.22. The van der Waals surface area contributed by atoms with Crippen molar-refractivity contribution in [1.29, 1.82) is 0 Å². The number of benzene rings is 2. The van der Waals surface area contributed by atoms with Crippen LogP contribution in [0.2, 0.25) is 5.02 Å². The van der Waals surface area contributed by atoms with Crippen molar-refractivity contribution in [3.63, 3.8) is 0 Å².